The summed E-state index contributed by atoms with van der Waals surface area (Å²) in [5, 5.41) is 9.29. The summed E-state index contributed by atoms with van der Waals surface area (Å²) in [6, 6.07) is 16.2. The predicted molar refractivity (Wildman–Crippen MR) is 99.0 cm³/mol. The molecule has 0 spiro atoms. The summed E-state index contributed by atoms with van der Waals surface area (Å²) < 4.78 is 19.4. The lowest BCUT2D eigenvalue weighted by Crippen LogP contribution is -2.43. The molecule has 0 radical (unpaired) electrons. The van der Waals surface area contributed by atoms with Crippen LogP contribution in [0.15, 0.2) is 54.6 Å². The molecule has 0 aliphatic carbocycles. The summed E-state index contributed by atoms with van der Waals surface area (Å²) in [6.45, 7) is 0.245. The van der Waals surface area contributed by atoms with Crippen LogP contribution in [-0.4, -0.2) is 23.1 Å². The molecule has 0 N–H and O–H groups in total. The van der Waals surface area contributed by atoms with Gasteiger partial charge in [-0.25, -0.2) is 9.18 Å². The van der Waals surface area contributed by atoms with E-state index in [1.165, 1.54) is 6.07 Å². The molecule has 1 amide bonds. The highest BCUT2D eigenvalue weighted by atomic mass is 19.1. The highest BCUT2D eigenvalue weighted by Crippen LogP contribution is 2.40. The minimum absolute atomic E-state index is 0.0214. The highest BCUT2D eigenvalue weighted by Gasteiger charge is 2.41. The van der Waals surface area contributed by atoms with E-state index in [2.05, 4.69) is 0 Å². The lowest BCUT2D eigenvalue weighted by molar-refractivity contribution is 0.0832. The quantitative estimate of drug-likeness (QED) is 0.798. The van der Waals surface area contributed by atoms with Crippen molar-refractivity contribution in [3.8, 4) is 6.07 Å². The number of halogens is 1. The van der Waals surface area contributed by atoms with E-state index in [0.717, 1.165) is 24.0 Å². The second-order valence-electron chi connectivity index (χ2n) is 6.92. The van der Waals surface area contributed by atoms with Crippen LogP contribution in [0.3, 0.4) is 0 Å². The maximum absolute atomic E-state index is 13.9. The predicted octanol–water partition coefficient (Wildman–Crippen LogP) is 4.65. The summed E-state index contributed by atoms with van der Waals surface area (Å²) >= 11 is 0. The van der Waals surface area contributed by atoms with Crippen molar-refractivity contribution in [2.75, 3.05) is 0 Å². The van der Waals surface area contributed by atoms with E-state index in [1.807, 2.05) is 42.5 Å². The first-order chi connectivity index (χ1) is 13.2. The van der Waals surface area contributed by atoms with Gasteiger partial charge in [-0.3, -0.25) is 4.90 Å². The van der Waals surface area contributed by atoms with Crippen molar-refractivity contribution in [1.29, 1.82) is 5.26 Å². The van der Waals surface area contributed by atoms with Crippen LogP contribution < -0.4 is 0 Å². The second-order valence-corrected chi connectivity index (χ2v) is 6.92. The zero-order valence-corrected chi connectivity index (χ0v) is 14.8. The fourth-order valence-corrected chi connectivity index (χ4v) is 4.01. The van der Waals surface area contributed by atoms with Gasteiger partial charge in [0.2, 0.25) is 0 Å². The Morgan fingerprint density at radius 3 is 2.74 bits per heavy atom. The average Bonchev–Trinajstić information content (AvgIpc) is 2.96. The highest BCUT2D eigenvalue weighted by molar-refractivity contribution is 5.77. The molecule has 5 heteroatoms. The summed E-state index contributed by atoms with van der Waals surface area (Å²) in [5.74, 6) is -0.507. The van der Waals surface area contributed by atoms with E-state index in [0.29, 0.717) is 12.0 Å². The molecule has 0 aromatic heterocycles. The number of nitriles is 1. The first-order valence-corrected chi connectivity index (χ1v) is 9.06. The van der Waals surface area contributed by atoms with Gasteiger partial charge in [-0.05, 0) is 42.0 Å². The van der Waals surface area contributed by atoms with Crippen molar-refractivity contribution in [2.24, 2.45) is 0 Å². The average molecular weight is 362 g/mol. The Hall–Kier alpha value is -3.13. The number of amides is 1. The van der Waals surface area contributed by atoms with Gasteiger partial charge in [-0.1, -0.05) is 48.5 Å². The minimum Gasteiger partial charge on any atom is -0.445 e. The van der Waals surface area contributed by atoms with Crippen LogP contribution in [0.5, 0.6) is 0 Å². The van der Waals surface area contributed by atoms with Crippen LogP contribution in [0.2, 0.25) is 0 Å². The number of fused-ring (bicyclic) bond motifs is 2. The third-order valence-corrected chi connectivity index (χ3v) is 5.28. The summed E-state index contributed by atoms with van der Waals surface area (Å²) in [6.07, 6.45) is 4.01. The van der Waals surface area contributed by atoms with Gasteiger partial charge in [-0.2, -0.15) is 5.26 Å². The molecule has 1 saturated heterocycles. The standard InChI is InChI=1S/C22H19FN2O2/c23-21-8-4-7-19(20(21)13-24)16-11-17-9-10-18(12-16)25(17)22(26)27-14-15-5-2-1-3-6-15/h1-8,11,17-18H,9-10,12,14H2. The van der Waals surface area contributed by atoms with Crippen molar-refractivity contribution < 1.29 is 13.9 Å². The second kappa shape index (κ2) is 7.24. The van der Waals surface area contributed by atoms with Crippen molar-refractivity contribution in [3.63, 3.8) is 0 Å². The molecule has 2 aromatic carbocycles. The number of benzene rings is 2. The molecule has 2 unspecified atom stereocenters. The number of rotatable bonds is 3. The fraction of sp³-hybridized carbons (Fsp3) is 0.273. The number of carbonyl (C=O) groups is 1. The van der Waals surface area contributed by atoms with Gasteiger partial charge in [0.05, 0.1) is 11.6 Å². The lowest BCUT2D eigenvalue weighted by Gasteiger charge is -2.33. The maximum atomic E-state index is 13.9. The SMILES string of the molecule is N#Cc1c(F)cccc1C1=CC2CCC(C1)N2C(=O)OCc1ccccc1. The van der Waals surface area contributed by atoms with Crippen LogP contribution in [0, 0.1) is 17.1 Å². The summed E-state index contributed by atoms with van der Waals surface area (Å²) in [7, 11) is 0. The van der Waals surface area contributed by atoms with E-state index >= 15 is 0 Å². The number of hydrogen-bond acceptors (Lipinski definition) is 3. The molecule has 2 bridgehead atoms. The van der Waals surface area contributed by atoms with E-state index in [1.54, 1.807) is 17.0 Å². The van der Waals surface area contributed by atoms with Crippen molar-refractivity contribution in [1.82, 2.24) is 4.90 Å². The maximum Gasteiger partial charge on any atom is 0.410 e. The van der Waals surface area contributed by atoms with Crippen LogP contribution in [0.1, 0.15) is 36.0 Å². The molecule has 4 nitrogen and oxygen atoms in total. The third kappa shape index (κ3) is 3.31. The number of carbonyl (C=O) groups excluding carboxylic acids is 1. The molecule has 1 fully saturated rings. The monoisotopic (exact) mass is 362 g/mol. The molecule has 136 valence electrons. The lowest BCUT2D eigenvalue weighted by atomic mass is 9.92. The summed E-state index contributed by atoms with van der Waals surface area (Å²) in [4.78, 5) is 14.4. The molecule has 27 heavy (non-hydrogen) atoms. The minimum atomic E-state index is -0.507. The molecule has 2 heterocycles. The molecule has 4 rings (SSSR count). The zero-order chi connectivity index (χ0) is 18.8. The number of ether oxygens (including phenoxy) is 1. The Kier molecular flexibility index (Phi) is 4.64. The first kappa shape index (κ1) is 17.3. The Morgan fingerprint density at radius 2 is 2.00 bits per heavy atom. The molecule has 2 aliphatic heterocycles. The Labute approximate surface area is 157 Å². The molecule has 0 saturated carbocycles. The van der Waals surface area contributed by atoms with Crippen LogP contribution >= 0.6 is 0 Å². The summed E-state index contributed by atoms with van der Waals surface area (Å²) in [5.41, 5.74) is 2.59. The molecule has 2 aromatic rings. The fourth-order valence-electron chi connectivity index (χ4n) is 4.01. The van der Waals surface area contributed by atoms with Gasteiger partial charge in [0.15, 0.2) is 0 Å². The smallest absolute Gasteiger partial charge is 0.410 e. The van der Waals surface area contributed by atoms with Crippen LogP contribution in [0.25, 0.3) is 5.57 Å². The van der Waals surface area contributed by atoms with Crippen molar-refractivity contribution in [3.05, 3.63) is 77.1 Å². The van der Waals surface area contributed by atoms with Crippen LogP contribution in [-0.2, 0) is 11.3 Å². The first-order valence-electron chi connectivity index (χ1n) is 9.06. The van der Waals surface area contributed by atoms with E-state index in [-0.39, 0.29) is 30.3 Å². The van der Waals surface area contributed by atoms with E-state index in [9.17, 15) is 14.4 Å². The van der Waals surface area contributed by atoms with E-state index < -0.39 is 5.82 Å². The molecular formula is C22H19FN2O2. The number of nitrogens with zero attached hydrogens (tertiary/aromatic N) is 2. The Bertz CT molecular complexity index is 933. The normalized spacial score (nSPS) is 20.7. The third-order valence-electron chi connectivity index (χ3n) is 5.28. The van der Waals surface area contributed by atoms with Gasteiger partial charge in [0, 0.05) is 6.04 Å². The number of hydrogen-bond donors (Lipinski definition) is 0. The van der Waals surface area contributed by atoms with Gasteiger partial charge >= 0.3 is 6.09 Å². The van der Waals surface area contributed by atoms with Gasteiger partial charge in [-0.15, -0.1) is 0 Å². The van der Waals surface area contributed by atoms with Gasteiger partial charge in [0.1, 0.15) is 18.5 Å². The van der Waals surface area contributed by atoms with E-state index in [4.69, 9.17) is 4.74 Å². The Morgan fingerprint density at radius 1 is 1.19 bits per heavy atom. The zero-order valence-electron chi connectivity index (χ0n) is 14.8. The largest absolute Gasteiger partial charge is 0.445 e. The van der Waals surface area contributed by atoms with Crippen molar-refractivity contribution in [2.45, 2.75) is 38.0 Å². The van der Waals surface area contributed by atoms with Gasteiger partial charge < -0.3 is 4.74 Å². The van der Waals surface area contributed by atoms with Crippen molar-refractivity contribution >= 4 is 11.7 Å². The topological polar surface area (TPSA) is 53.3 Å². The molecular weight excluding hydrogens is 343 g/mol. The molecule has 2 atom stereocenters. The molecule has 2 aliphatic rings. The van der Waals surface area contributed by atoms with Crippen LogP contribution in [0.4, 0.5) is 9.18 Å². The van der Waals surface area contributed by atoms with Gasteiger partial charge in [0.25, 0.3) is 0 Å². The Balaban J connectivity index is 1.52.